The number of hydrogen-bond donors (Lipinski definition) is 3. The first-order valence-corrected chi connectivity index (χ1v) is 6.14. The maximum absolute atomic E-state index is 12.1. The van der Waals surface area contributed by atoms with Crippen LogP contribution in [-0.4, -0.2) is 46.4 Å². The Bertz CT molecular complexity index is 628. The van der Waals surface area contributed by atoms with Crippen LogP contribution in [-0.2, 0) is 9.59 Å². The Kier molecular flexibility index (Phi) is 3.88. The molecule has 1 aromatic rings. The molecule has 1 unspecified atom stereocenters. The number of aromatic carboxylic acids is 1. The molecule has 8 nitrogen and oxygen atoms in total. The first-order valence-electron chi connectivity index (χ1n) is 6.14. The van der Waals surface area contributed by atoms with Crippen LogP contribution >= 0.6 is 0 Å². The first kappa shape index (κ1) is 14.5. The van der Waals surface area contributed by atoms with E-state index in [9.17, 15) is 19.2 Å². The molecule has 3 N–H and O–H groups in total. The predicted molar refractivity (Wildman–Crippen MR) is 71.7 cm³/mol. The maximum atomic E-state index is 12.1. The molecule has 0 saturated carbocycles. The van der Waals surface area contributed by atoms with Crippen LogP contribution in [0.2, 0.25) is 0 Å². The van der Waals surface area contributed by atoms with Gasteiger partial charge in [-0.15, -0.1) is 0 Å². The van der Waals surface area contributed by atoms with Crippen LogP contribution in [0.3, 0.4) is 0 Å². The van der Waals surface area contributed by atoms with Crippen molar-refractivity contribution in [1.82, 2.24) is 10.2 Å². The average molecular weight is 291 g/mol. The van der Waals surface area contributed by atoms with E-state index in [-0.39, 0.29) is 17.8 Å². The number of amides is 4. The van der Waals surface area contributed by atoms with Gasteiger partial charge in [-0.25, -0.2) is 9.59 Å². The van der Waals surface area contributed by atoms with Crippen LogP contribution in [0.15, 0.2) is 24.3 Å². The van der Waals surface area contributed by atoms with Gasteiger partial charge in [-0.2, -0.15) is 0 Å². The van der Waals surface area contributed by atoms with Gasteiger partial charge in [0.05, 0.1) is 11.3 Å². The van der Waals surface area contributed by atoms with Crippen molar-refractivity contribution in [3.8, 4) is 0 Å². The molecule has 2 rings (SSSR count). The topological polar surface area (TPSA) is 116 Å². The summed E-state index contributed by atoms with van der Waals surface area (Å²) in [5.41, 5.74) is 0.0203. The van der Waals surface area contributed by atoms with Gasteiger partial charge >= 0.3 is 12.0 Å². The molecule has 1 fully saturated rings. The maximum Gasteiger partial charge on any atom is 0.337 e. The molecule has 1 aliphatic heterocycles. The molecule has 0 aliphatic carbocycles. The Balaban J connectivity index is 2.20. The minimum atomic E-state index is -1.19. The number of hydrogen-bond acceptors (Lipinski definition) is 4. The van der Waals surface area contributed by atoms with Gasteiger partial charge in [0.2, 0.25) is 11.8 Å². The number of nitrogens with one attached hydrogen (secondary N) is 2. The number of para-hydroxylation sites is 1. The first-order chi connectivity index (χ1) is 9.90. The van der Waals surface area contributed by atoms with Crippen LogP contribution in [0.5, 0.6) is 0 Å². The number of benzene rings is 1. The number of nitrogens with zero attached hydrogens (tertiary/aromatic N) is 1. The second-order valence-corrected chi connectivity index (χ2v) is 4.50. The summed E-state index contributed by atoms with van der Waals surface area (Å²) in [5, 5.41) is 13.6. The lowest BCUT2D eigenvalue weighted by Crippen LogP contribution is -2.59. The average Bonchev–Trinajstić information content (AvgIpc) is 2.43. The summed E-state index contributed by atoms with van der Waals surface area (Å²) in [6.45, 7) is 1.21. The monoisotopic (exact) mass is 291 g/mol. The van der Waals surface area contributed by atoms with E-state index in [2.05, 4.69) is 10.6 Å². The summed E-state index contributed by atoms with van der Waals surface area (Å²) in [5.74, 6) is -2.35. The Morgan fingerprint density at radius 3 is 2.67 bits per heavy atom. The fourth-order valence-corrected chi connectivity index (χ4v) is 1.93. The zero-order valence-electron chi connectivity index (χ0n) is 11.1. The van der Waals surface area contributed by atoms with Crippen molar-refractivity contribution in [2.24, 2.45) is 0 Å². The zero-order valence-corrected chi connectivity index (χ0v) is 11.1. The quantitative estimate of drug-likeness (QED) is 0.676. The number of carboxylic acid groups (broad SMARTS) is 1. The van der Waals surface area contributed by atoms with Crippen molar-refractivity contribution in [3.63, 3.8) is 0 Å². The lowest BCUT2D eigenvalue weighted by molar-refractivity contribution is -0.137. The molecule has 0 radical (unpaired) electrons. The van der Waals surface area contributed by atoms with Crippen LogP contribution in [0.1, 0.15) is 17.3 Å². The number of carboxylic acids is 1. The molecule has 4 amide bonds. The highest BCUT2D eigenvalue weighted by molar-refractivity contribution is 6.06. The standard InChI is InChI=1S/C13H13N3O5/c1-7-11(18)15-10(17)6-16(7)13(21)14-9-5-3-2-4-8(9)12(19)20/h2-5,7H,6H2,1H3,(H,14,21)(H,19,20)(H,15,17,18). The third-order valence-corrected chi connectivity index (χ3v) is 3.08. The predicted octanol–water partition coefficient (Wildman–Crippen LogP) is 0.264. The van der Waals surface area contributed by atoms with Crippen molar-refractivity contribution in [2.45, 2.75) is 13.0 Å². The van der Waals surface area contributed by atoms with E-state index in [4.69, 9.17) is 5.11 Å². The number of rotatable bonds is 2. The molecule has 1 aliphatic rings. The molecular weight excluding hydrogens is 278 g/mol. The molecule has 21 heavy (non-hydrogen) atoms. The summed E-state index contributed by atoms with van der Waals surface area (Å²) >= 11 is 0. The Hall–Kier alpha value is -2.90. The van der Waals surface area contributed by atoms with Crippen LogP contribution < -0.4 is 10.6 Å². The number of urea groups is 1. The zero-order chi connectivity index (χ0) is 15.6. The van der Waals surface area contributed by atoms with Crippen molar-refractivity contribution in [1.29, 1.82) is 0 Å². The second kappa shape index (κ2) is 5.61. The van der Waals surface area contributed by atoms with E-state index < -0.39 is 29.9 Å². The molecule has 1 atom stereocenters. The number of piperazine rings is 1. The van der Waals surface area contributed by atoms with Gasteiger partial charge in [-0.1, -0.05) is 12.1 Å². The molecule has 0 bridgehead atoms. The van der Waals surface area contributed by atoms with Gasteiger partial charge in [0.25, 0.3) is 0 Å². The van der Waals surface area contributed by atoms with Crippen molar-refractivity contribution < 1.29 is 24.3 Å². The van der Waals surface area contributed by atoms with E-state index in [1.807, 2.05) is 0 Å². The van der Waals surface area contributed by atoms with Crippen LogP contribution in [0.4, 0.5) is 10.5 Å². The summed E-state index contributed by atoms with van der Waals surface area (Å²) in [6, 6.07) is 4.34. The van der Waals surface area contributed by atoms with Gasteiger partial charge in [0.15, 0.2) is 0 Å². The van der Waals surface area contributed by atoms with Gasteiger partial charge in [-0.05, 0) is 19.1 Å². The van der Waals surface area contributed by atoms with Gasteiger partial charge in [0.1, 0.15) is 12.6 Å². The SMILES string of the molecule is CC1C(=O)NC(=O)CN1C(=O)Nc1ccccc1C(=O)O. The number of carbonyl (C=O) groups excluding carboxylic acids is 3. The molecule has 1 heterocycles. The molecule has 1 saturated heterocycles. The summed E-state index contributed by atoms with van der Waals surface area (Å²) in [6.07, 6.45) is 0. The largest absolute Gasteiger partial charge is 0.478 e. The number of imide groups is 1. The molecule has 8 heteroatoms. The van der Waals surface area contributed by atoms with E-state index in [1.54, 1.807) is 6.07 Å². The summed E-state index contributed by atoms with van der Waals surface area (Å²) in [7, 11) is 0. The fraction of sp³-hybridized carbons (Fsp3) is 0.231. The Labute approximate surface area is 119 Å². The van der Waals surface area contributed by atoms with Gasteiger partial charge in [-0.3, -0.25) is 14.9 Å². The fourth-order valence-electron chi connectivity index (χ4n) is 1.93. The van der Waals surface area contributed by atoms with Crippen molar-refractivity contribution in [3.05, 3.63) is 29.8 Å². The van der Waals surface area contributed by atoms with Crippen molar-refractivity contribution >= 4 is 29.5 Å². The van der Waals surface area contributed by atoms with E-state index in [0.717, 1.165) is 4.90 Å². The Morgan fingerprint density at radius 1 is 1.33 bits per heavy atom. The van der Waals surface area contributed by atoms with Gasteiger partial charge in [0, 0.05) is 0 Å². The number of carbonyl (C=O) groups is 4. The van der Waals surface area contributed by atoms with Crippen LogP contribution in [0, 0.1) is 0 Å². The highest BCUT2D eigenvalue weighted by Crippen LogP contribution is 2.16. The smallest absolute Gasteiger partial charge is 0.337 e. The highest BCUT2D eigenvalue weighted by atomic mass is 16.4. The van der Waals surface area contributed by atoms with E-state index in [0.29, 0.717) is 0 Å². The summed E-state index contributed by atoms with van der Waals surface area (Å²) in [4.78, 5) is 47.1. The lowest BCUT2D eigenvalue weighted by Gasteiger charge is -2.31. The van der Waals surface area contributed by atoms with E-state index in [1.165, 1.54) is 25.1 Å². The molecular formula is C13H13N3O5. The Morgan fingerprint density at radius 2 is 2.00 bits per heavy atom. The minimum Gasteiger partial charge on any atom is -0.478 e. The number of anilines is 1. The summed E-state index contributed by atoms with van der Waals surface area (Å²) < 4.78 is 0. The molecule has 110 valence electrons. The molecule has 1 aromatic carbocycles. The normalized spacial score (nSPS) is 18.1. The minimum absolute atomic E-state index is 0.0775. The third-order valence-electron chi connectivity index (χ3n) is 3.08. The molecule has 0 spiro atoms. The van der Waals surface area contributed by atoms with Crippen molar-refractivity contribution in [2.75, 3.05) is 11.9 Å². The van der Waals surface area contributed by atoms with Crippen LogP contribution in [0.25, 0.3) is 0 Å². The second-order valence-electron chi connectivity index (χ2n) is 4.50. The highest BCUT2D eigenvalue weighted by Gasteiger charge is 2.33. The van der Waals surface area contributed by atoms with Gasteiger partial charge < -0.3 is 15.3 Å². The molecule has 0 aromatic heterocycles. The third kappa shape index (κ3) is 2.99. The lowest BCUT2D eigenvalue weighted by atomic mass is 10.1. The van der Waals surface area contributed by atoms with E-state index >= 15 is 0 Å².